The highest BCUT2D eigenvalue weighted by molar-refractivity contribution is 5.75. The molecule has 0 saturated carbocycles. The predicted molar refractivity (Wildman–Crippen MR) is 128 cm³/mol. The minimum Gasteiger partial charge on any atom is -0.356 e. The number of amides is 1. The van der Waals surface area contributed by atoms with Crippen LogP contribution in [0.15, 0.2) is 59.2 Å². The highest BCUT2D eigenvalue weighted by Gasteiger charge is 2.11. The van der Waals surface area contributed by atoms with Gasteiger partial charge in [0.15, 0.2) is 0 Å². The summed E-state index contributed by atoms with van der Waals surface area (Å²) in [7, 11) is 0. The molecule has 0 atom stereocenters. The highest BCUT2D eigenvalue weighted by atomic mass is 16.1. The molecule has 1 N–H and O–H groups in total. The number of aromatic nitrogens is 3. The van der Waals surface area contributed by atoms with Crippen LogP contribution in [0.5, 0.6) is 0 Å². The van der Waals surface area contributed by atoms with Crippen LogP contribution in [0.3, 0.4) is 0 Å². The zero-order chi connectivity index (χ0) is 22.5. The molecular formula is C26H32N4O2. The van der Waals surface area contributed by atoms with Gasteiger partial charge in [0.2, 0.25) is 5.91 Å². The van der Waals surface area contributed by atoms with Gasteiger partial charge in [-0.1, -0.05) is 49.8 Å². The van der Waals surface area contributed by atoms with Crippen molar-refractivity contribution in [2.75, 3.05) is 6.54 Å². The lowest BCUT2D eigenvalue weighted by Crippen LogP contribution is -2.28. The van der Waals surface area contributed by atoms with Crippen LogP contribution < -0.4 is 10.9 Å². The number of benzene rings is 1. The van der Waals surface area contributed by atoms with Gasteiger partial charge in [-0.3, -0.25) is 9.59 Å². The fourth-order valence-corrected chi connectivity index (χ4v) is 4.19. The molecule has 4 rings (SSSR count). The summed E-state index contributed by atoms with van der Waals surface area (Å²) in [4.78, 5) is 25.1. The minimum absolute atomic E-state index is 0.0207. The maximum atomic E-state index is 12.9. The summed E-state index contributed by atoms with van der Waals surface area (Å²) in [5, 5.41) is 7.54. The van der Waals surface area contributed by atoms with E-state index in [2.05, 4.69) is 42.5 Å². The van der Waals surface area contributed by atoms with Crippen molar-refractivity contribution in [2.24, 2.45) is 0 Å². The van der Waals surface area contributed by atoms with E-state index in [0.717, 1.165) is 30.5 Å². The second-order valence-corrected chi connectivity index (χ2v) is 8.89. The number of hydrogen-bond acceptors (Lipinski definition) is 3. The monoisotopic (exact) mass is 432 g/mol. The van der Waals surface area contributed by atoms with Gasteiger partial charge >= 0.3 is 0 Å². The number of fused-ring (bicyclic) bond motifs is 1. The predicted octanol–water partition coefficient (Wildman–Crippen LogP) is 4.68. The normalized spacial score (nSPS) is 14.0. The van der Waals surface area contributed by atoms with Gasteiger partial charge in [0.25, 0.3) is 5.56 Å². The van der Waals surface area contributed by atoms with Gasteiger partial charge in [-0.15, -0.1) is 0 Å². The summed E-state index contributed by atoms with van der Waals surface area (Å²) >= 11 is 0. The average Bonchev–Trinajstić information content (AvgIpc) is 3.25. The molecule has 6 nitrogen and oxygen atoms in total. The Morgan fingerprint density at radius 2 is 1.97 bits per heavy atom. The first-order chi connectivity index (χ1) is 15.5. The van der Waals surface area contributed by atoms with Gasteiger partial charge in [-0.25, -0.2) is 4.52 Å². The van der Waals surface area contributed by atoms with E-state index in [1.807, 2.05) is 18.2 Å². The summed E-state index contributed by atoms with van der Waals surface area (Å²) in [6.07, 6.45) is 11.8. The minimum atomic E-state index is -0.134. The lowest BCUT2D eigenvalue weighted by molar-refractivity contribution is -0.121. The Balaban J connectivity index is 1.38. The zero-order valence-electron chi connectivity index (χ0n) is 19.0. The summed E-state index contributed by atoms with van der Waals surface area (Å²) in [5.41, 5.74) is 4.86. The van der Waals surface area contributed by atoms with E-state index in [4.69, 9.17) is 0 Å². The molecule has 32 heavy (non-hydrogen) atoms. The molecule has 0 fully saturated rings. The molecule has 2 heterocycles. The van der Waals surface area contributed by atoms with Crippen molar-refractivity contribution in [1.82, 2.24) is 19.5 Å². The van der Waals surface area contributed by atoms with Crippen molar-refractivity contribution < 1.29 is 4.79 Å². The molecule has 0 aliphatic heterocycles. The van der Waals surface area contributed by atoms with Crippen molar-refractivity contribution in [3.63, 3.8) is 0 Å². The maximum absolute atomic E-state index is 12.9. The average molecular weight is 433 g/mol. The molecule has 168 valence electrons. The standard InChI is InChI=1S/C26H32N4O2/c1-19(2)21-8-10-22(11-9-21)23-18-24-26(32)29(16-17-30(24)28-23)15-13-25(31)27-14-12-20-6-4-3-5-7-20/h6,8-11,16-19H,3-5,7,12-15H2,1-2H3,(H,27,31). The zero-order valence-corrected chi connectivity index (χ0v) is 19.0. The third-order valence-electron chi connectivity index (χ3n) is 6.21. The molecule has 1 aliphatic carbocycles. The Hall–Kier alpha value is -3.15. The van der Waals surface area contributed by atoms with Crippen LogP contribution in [0.4, 0.5) is 0 Å². The SMILES string of the molecule is CC(C)c1ccc(-c2cc3c(=O)n(CCC(=O)NCCC4=CCCCC4)ccn3n2)cc1. The molecular weight excluding hydrogens is 400 g/mol. The van der Waals surface area contributed by atoms with Crippen molar-refractivity contribution in [1.29, 1.82) is 0 Å². The van der Waals surface area contributed by atoms with E-state index in [-0.39, 0.29) is 17.9 Å². The first-order valence-electron chi connectivity index (χ1n) is 11.6. The smallest absolute Gasteiger partial charge is 0.276 e. The summed E-state index contributed by atoms with van der Waals surface area (Å²) < 4.78 is 3.20. The van der Waals surface area contributed by atoms with Gasteiger partial charge in [0.1, 0.15) is 5.52 Å². The number of allylic oxidation sites excluding steroid dienone is 1. The molecule has 0 radical (unpaired) electrons. The third kappa shape index (κ3) is 5.18. The topological polar surface area (TPSA) is 68.4 Å². The molecule has 0 bridgehead atoms. The molecule has 0 unspecified atom stereocenters. The van der Waals surface area contributed by atoms with Crippen LogP contribution in [-0.4, -0.2) is 26.6 Å². The number of carbonyl (C=O) groups is 1. The van der Waals surface area contributed by atoms with E-state index in [9.17, 15) is 9.59 Å². The lowest BCUT2D eigenvalue weighted by atomic mass is 9.97. The van der Waals surface area contributed by atoms with Crippen LogP contribution in [0, 0.1) is 0 Å². The van der Waals surface area contributed by atoms with Gasteiger partial charge < -0.3 is 9.88 Å². The Bertz CT molecular complexity index is 1170. The molecule has 6 heteroatoms. The molecule has 3 aromatic rings. The lowest BCUT2D eigenvalue weighted by Gasteiger charge is -2.13. The molecule has 1 aromatic carbocycles. The quantitative estimate of drug-likeness (QED) is 0.526. The van der Waals surface area contributed by atoms with Crippen molar-refractivity contribution >= 4 is 11.4 Å². The number of nitrogens with one attached hydrogen (secondary N) is 1. The molecule has 1 amide bonds. The first kappa shape index (κ1) is 22.1. The fraction of sp³-hybridized carbons (Fsp3) is 0.423. The van der Waals surface area contributed by atoms with Crippen LogP contribution in [0.1, 0.15) is 63.9 Å². The van der Waals surface area contributed by atoms with Gasteiger partial charge in [-0.05, 0) is 49.7 Å². The Morgan fingerprint density at radius 1 is 1.16 bits per heavy atom. The van der Waals surface area contributed by atoms with E-state index in [1.54, 1.807) is 21.5 Å². The number of nitrogens with zero attached hydrogens (tertiary/aromatic N) is 3. The number of hydrogen-bond donors (Lipinski definition) is 1. The van der Waals surface area contributed by atoms with Crippen molar-refractivity contribution in [2.45, 2.75) is 64.8 Å². The largest absolute Gasteiger partial charge is 0.356 e. The number of rotatable bonds is 8. The Morgan fingerprint density at radius 3 is 2.69 bits per heavy atom. The van der Waals surface area contributed by atoms with Gasteiger partial charge in [0, 0.05) is 37.5 Å². The van der Waals surface area contributed by atoms with Gasteiger partial charge in [0.05, 0.1) is 5.69 Å². The van der Waals surface area contributed by atoms with E-state index in [0.29, 0.717) is 24.5 Å². The second-order valence-electron chi connectivity index (χ2n) is 8.89. The molecule has 0 saturated heterocycles. The summed E-state index contributed by atoms with van der Waals surface area (Å²) in [6, 6.07) is 10.1. The first-order valence-corrected chi connectivity index (χ1v) is 11.6. The maximum Gasteiger partial charge on any atom is 0.276 e. The van der Waals surface area contributed by atoms with E-state index >= 15 is 0 Å². The number of carbonyl (C=O) groups excluding carboxylic acids is 1. The van der Waals surface area contributed by atoms with Crippen LogP contribution in [0.25, 0.3) is 16.8 Å². The van der Waals surface area contributed by atoms with Crippen LogP contribution in [0.2, 0.25) is 0 Å². The Kier molecular flexibility index (Phi) is 6.88. The van der Waals surface area contributed by atoms with Crippen LogP contribution in [-0.2, 0) is 11.3 Å². The second kappa shape index (κ2) is 9.98. The molecule has 1 aliphatic rings. The van der Waals surface area contributed by atoms with Crippen molar-refractivity contribution in [3.05, 3.63) is 70.3 Å². The molecule has 0 spiro atoms. The molecule has 2 aromatic heterocycles. The van der Waals surface area contributed by atoms with Gasteiger partial charge in [-0.2, -0.15) is 5.10 Å². The fourth-order valence-electron chi connectivity index (χ4n) is 4.19. The third-order valence-corrected chi connectivity index (χ3v) is 6.21. The summed E-state index contributed by atoms with van der Waals surface area (Å²) in [5.74, 6) is 0.450. The van der Waals surface area contributed by atoms with E-state index < -0.39 is 0 Å². The van der Waals surface area contributed by atoms with Crippen LogP contribution >= 0.6 is 0 Å². The highest BCUT2D eigenvalue weighted by Crippen LogP contribution is 2.22. The summed E-state index contributed by atoms with van der Waals surface area (Å²) in [6.45, 7) is 5.35. The Labute approximate surface area is 189 Å². The van der Waals surface area contributed by atoms with E-state index in [1.165, 1.54) is 24.0 Å². The number of aryl methyl sites for hydroxylation is 1. The van der Waals surface area contributed by atoms with Crippen molar-refractivity contribution in [3.8, 4) is 11.3 Å².